The molecule has 110 valence electrons. The molecule has 0 aliphatic carbocycles. The highest BCUT2D eigenvalue weighted by atomic mass is 16.6. The first-order valence-corrected chi connectivity index (χ1v) is 6.82. The summed E-state index contributed by atoms with van der Waals surface area (Å²) in [7, 11) is 0. The van der Waals surface area contributed by atoms with Crippen molar-refractivity contribution < 1.29 is 4.63 Å². The van der Waals surface area contributed by atoms with Gasteiger partial charge in [-0.25, -0.2) is 9.61 Å². The summed E-state index contributed by atoms with van der Waals surface area (Å²) >= 11 is 0. The van der Waals surface area contributed by atoms with Crippen molar-refractivity contribution in [2.45, 2.75) is 20.8 Å². The zero-order chi connectivity index (χ0) is 15.3. The molecule has 0 unspecified atom stereocenters. The zero-order valence-electron chi connectivity index (χ0n) is 12.3. The number of aromatic nitrogens is 6. The predicted molar refractivity (Wildman–Crippen MR) is 80.1 cm³/mol. The highest BCUT2D eigenvalue weighted by Crippen LogP contribution is 2.25. The van der Waals surface area contributed by atoms with Crippen molar-refractivity contribution in [3.63, 3.8) is 0 Å². The number of aryl methyl sites for hydroxylation is 2. The Hall–Kier alpha value is -3.03. The van der Waals surface area contributed by atoms with Crippen LogP contribution in [0.2, 0.25) is 0 Å². The van der Waals surface area contributed by atoms with E-state index in [9.17, 15) is 0 Å². The van der Waals surface area contributed by atoms with E-state index in [0.717, 1.165) is 11.3 Å². The molecule has 0 atom stereocenters. The van der Waals surface area contributed by atoms with E-state index in [0.29, 0.717) is 28.6 Å². The van der Waals surface area contributed by atoms with Gasteiger partial charge in [0.15, 0.2) is 5.82 Å². The number of rotatable bonds is 2. The summed E-state index contributed by atoms with van der Waals surface area (Å²) in [5.74, 6) is 1.26. The van der Waals surface area contributed by atoms with Gasteiger partial charge in [-0.05, 0) is 48.3 Å². The molecule has 3 heterocycles. The Bertz CT molecular complexity index is 1000. The Balaban J connectivity index is 1.95. The summed E-state index contributed by atoms with van der Waals surface area (Å²) in [4.78, 5) is 4.44. The highest BCUT2D eigenvalue weighted by Gasteiger charge is 2.17. The third-order valence-corrected chi connectivity index (χ3v) is 3.78. The molecule has 0 aliphatic heterocycles. The Kier molecular flexibility index (Phi) is 2.59. The second kappa shape index (κ2) is 4.48. The van der Waals surface area contributed by atoms with Crippen LogP contribution in [-0.4, -0.2) is 29.9 Å². The number of hydrogen-bond donors (Lipinski definition) is 1. The number of nitrogens with zero attached hydrogens (tertiary/aromatic N) is 6. The van der Waals surface area contributed by atoms with Crippen LogP contribution in [0.4, 0.5) is 11.5 Å². The molecule has 22 heavy (non-hydrogen) atoms. The zero-order valence-corrected chi connectivity index (χ0v) is 12.3. The van der Waals surface area contributed by atoms with Gasteiger partial charge in [0.25, 0.3) is 0 Å². The molecule has 8 heteroatoms. The molecule has 0 amide bonds. The summed E-state index contributed by atoms with van der Waals surface area (Å²) in [5.41, 5.74) is 4.81. The second-order valence-electron chi connectivity index (χ2n) is 5.15. The number of hydrogen-bond acceptors (Lipinski definition) is 7. The molecule has 4 aromatic rings. The molecule has 1 aromatic carbocycles. The summed E-state index contributed by atoms with van der Waals surface area (Å²) in [5, 5.41) is 19.3. The Morgan fingerprint density at radius 3 is 2.77 bits per heavy atom. The average molecular weight is 295 g/mol. The lowest BCUT2D eigenvalue weighted by molar-refractivity contribution is 0.313. The summed E-state index contributed by atoms with van der Waals surface area (Å²) < 4.78 is 6.55. The van der Waals surface area contributed by atoms with Crippen LogP contribution in [0.1, 0.15) is 17.0 Å². The summed E-state index contributed by atoms with van der Waals surface area (Å²) in [6.07, 6.45) is 0. The van der Waals surface area contributed by atoms with Crippen LogP contribution in [0.5, 0.6) is 0 Å². The third kappa shape index (κ3) is 1.73. The van der Waals surface area contributed by atoms with Gasteiger partial charge in [-0.1, -0.05) is 12.1 Å². The molecule has 0 aliphatic rings. The van der Waals surface area contributed by atoms with Crippen molar-refractivity contribution >= 4 is 28.4 Å². The van der Waals surface area contributed by atoms with E-state index in [1.807, 2.05) is 19.1 Å². The van der Waals surface area contributed by atoms with E-state index in [4.69, 9.17) is 4.63 Å². The van der Waals surface area contributed by atoms with Gasteiger partial charge >= 0.3 is 0 Å². The number of nitrogens with one attached hydrogen (secondary N) is 1. The summed E-state index contributed by atoms with van der Waals surface area (Å²) in [6, 6.07) is 6.05. The van der Waals surface area contributed by atoms with Crippen molar-refractivity contribution in [3.05, 3.63) is 35.2 Å². The molecule has 1 N–H and O–H groups in total. The van der Waals surface area contributed by atoms with Gasteiger partial charge in [-0.2, -0.15) is 0 Å². The van der Waals surface area contributed by atoms with Crippen LogP contribution in [-0.2, 0) is 0 Å². The van der Waals surface area contributed by atoms with Crippen LogP contribution < -0.4 is 5.32 Å². The number of benzene rings is 1. The molecular weight excluding hydrogens is 282 g/mol. The van der Waals surface area contributed by atoms with Gasteiger partial charge < -0.3 is 5.32 Å². The van der Waals surface area contributed by atoms with Gasteiger partial charge in [0.2, 0.25) is 16.9 Å². The quantitative estimate of drug-likeness (QED) is 0.606. The molecule has 0 saturated carbocycles. The van der Waals surface area contributed by atoms with Crippen LogP contribution in [0.15, 0.2) is 22.8 Å². The molecular formula is C14H13N7O. The molecule has 0 fully saturated rings. The predicted octanol–water partition coefficient (Wildman–Crippen LogP) is 2.33. The van der Waals surface area contributed by atoms with Gasteiger partial charge in [-0.3, -0.25) is 4.40 Å². The van der Waals surface area contributed by atoms with E-state index in [1.54, 1.807) is 4.40 Å². The maximum atomic E-state index is 4.78. The maximum absolute atomic E-state index is 4.78. The maximum Gasteiger partial charge on any atom is 0.244 e. The van der Waals surface area contributed by atoms with E-state index < -0.39 is 0 Å². The van der Waals surface area contributed by atoms with Crippen LogP contribution in [0.3, 0.4) is 0 Å². The monoisotopic (exact) mass is 295 g/mol. The van der Waals surface area contributed by atoms with Crippen LogP contribution in [0.25, 0.3) is 16.9 Å². The minimum atomic E-state index is 0.406. The normalized spacial score (nSPS) is 11.4. The first-order chi connectivity index (χ1) is 10.6. The topological polar surface area (TPSA) is 94.0 Å². The molecule has 8 nitrogen and oxygen atoms in total. The van der Waals surface area contributed by atoms with Crippen molar-refractivity contribution in [2.75, 3.05) is 5.32 Å². The molecule has 4 rings (SSSR count). The van der Waals surface area contributed by atoms with Crippen molar-refractivity contribution in [2.24, 2.45) is 0 Å². The summed E-state index contributed by atoms with van der Waals surface area (Å²) in [6.45, 7) is 5.96. The van der Waals surface area contributed by atoms with Gasteiger partial charge in [0.05, 0.1) is 0 Å². The van der Waals surface area contributed by atoms with Crippen molar-refractivity contribution in [1.29, 1.82) is 0 Å². The lowest BCUT2D eigenvalue weighted by atomic mass is 10.1. The number of fused-ring (bicyclic) bond motifs is 3. The minimum absolute atomic E-state index is 0.406. The number of anilines is 2. The molecule has 0 bridgehead atoms. The first kappa shape index (κ1) is 12.7. The van der Waals surface area contributed by atoms with E-state index in [-0.39, 0.29) is 0 Å². The Morgan fingerprint density at radius 2 is 1.91 bits per heavy atom. The lowest BCUT2D eigenvalue weighted by Gasteiger charge is -2.11. The molecule has 0 spiro atoms. The smallest absolute Gasteiger partial charge is 0.244 e. The van der Waals surface area contributed by atoms with Gasteiger partial charge in [0, 0.05) is 5.69 Å². The van der Waals surface area contributed by atoms with E-state index >= 15 is 0 Å². The Labute approximate surface area is 125 Å². The molecule has 0 saturated heterocycles. The van der Waals surface area contributed by atoms with E-state index in [1.165, 1.54) is 5.56 Å². The second-order valence-corrected chi connectivity index (χ2v) is 5.15. The standard InChI is InChI=1S/C14H13N7O/c1-7-5-4-6-10(8(7)2)15-11-13-18-17-9(3)21(13)14-12(16-11)19-22-20-14/h4-6H,1-3H3,(H,15,16,19). The fourth-order valence-corrected chi connectivity index (χ4v) is 2.41. The first-order valence-electron chi connectivity index (χ1n) is 6.82. The van der Waals surface area contributed by atoms with Gasteiger partial charge in [0.1, 0.15) is 5.82 Å². The van der Waals surface area contributed by atoms with Gasteiger partial charge in [-0.15, -0.1) is 10.2 Å². The Morgan fingerprint density at radius 1 is 1.05 bits per heavy atom. The highest BCUT2D eigenvalue weighted by molar-refractivity contribution is 5.80. The van der Waals surface area contributed by atoms with Crippen LogP contribution in [0, 0.1) is 20.8 Å². The molecule has 0 radical (unpaired) electrons. The van der Waals surface area contributed by atoms with E-state index in [2.05, 4.69) is 50.7 Å². The fraction of sp³-hybridized carbons (Fsp3) is 0.214. The third-order valence-electron chi connectivity index (χ3n) is 3.78. The minimum Gasteiger partial charge on any atom is -0.337 e. The average Bonchev–Trinajstić information content (AvgIpc) is 3.10. The fourth-order valence-electron chi connectivity index (χ4n) is 2.41. The van der Waals surface area contributed by atoms with Crippen molar-refractivity contribution in [3.8, 4) is 0 Å². The molecule has 3 aromatic heterocycles. The SMILES string of the molecule is Cc1cccc(Nc2nc3nonc3n3c(C)nnc23)c1C. The van der Waals surface area contributed by atoms with Crippen molar-refractivity contribution in [1.82, 2.24) is 29.9 Å². The lowest BCUT2D eigenvalue weighted by Crippen LogP contribution is -2.02. The van der Waals surface area contributed by atoms with Crippen LogP contribution >= 0.6 is 0 Å². The largest absolute Gasteiger partial charge is 0.337 e.